The molecule has 0 atom stereocenters. The van der Waals surface area contributed by atoms with Crippen molar-refractivity contribution in [2.45, 2.75) is 10.7 Å². The van der Waals surface area contributed by atoms with Crippen LogP contribution in [0, 0.1) is 11.6 Å². The second-order valence-electron chi connectivity index (χ2n) is 6.64. The van der Waals surface area contributed by atoms with Gasteiger partial charge in [0.05, 0.1) is 23.5 Å². The Balaban J connectivity index is 2.16. The summed E-state index contributed by atoms with van der Waals surface area (Å²) in [7, 11) is 1.52. The second-order valence-corrected chi connectivity index (χ2v) is 9.16. The highest BCUT2D eigenvalue weighted by molar-refractivity contribution is 6.67. The van der Waals surface area contributed by atoms with Crippen LogP contribution in [-0.4, -0.2) is 43.0 Å². The molecule has 2 N–H and O–H groups in total. The first-order chi connectivity index (χ1) is 16.0. The molecule has 0 aliphatic rings. The molecule has 1 amide bonds. The minimum atomic E-state index is -1.78. The highest BCUT2D eigenvalue weighted by atomic mass is 35.6. The number of rotatable bonds is 10. The van der Waals surface area contributed by atoms with Gasteiger partial charge < -0.3 is 19.5 Å². The van der Waals surface area contributed by atoms with Crippen LogP contribution in [0.3, 0.4) is 0 Å². The van der Waals surface area contributed by atoms with Gasteiger partial charge in [0.25, 0.3) is 0 Å². The number of amides is 1. The molecule has 12 heteroatoms. The molecular weight excluding hydrogens is 515 g/mol. The standard InChI is InChI=1S/C22H22Cl3F2N3O4/c1-4-28-19-11-15(33-8-7-32-3)10-17(27)20(19)13(2)29-18-6-5-14(9-16(18)26)30-21(31)34-12-22(23,24)25/h4-6,9-11,29H,2,7-8,12H2,1,3H3,(H,30,31). The highest BCUT2D eigenvalue weighted by Crippen LogP contribution is 2.34. The van der Waals surface area contributed by atoms with E-state index < -0.39 is 28.1 Å². The molecule has 34 heavy (non-hydrogen) atoms. The third-order valence-electron chi connectivity index (χ3n) is 4.04. The summed E-state index contributed by atoms with van der Waals surface area (Å²) in [6.07, 6.45) is 0.542. The molecule has 0 aliphatic heterocycles. The molecule has 0 radical (unpaired) electrons. The Morgan fingerprint density at radius 2 is 1.88 bits per heavy atom. The Labute approximate surface area is 210 Å². The number of ether oxygens (including phenoxy) is 3. The number of carbonyl (C=O) groups excluding carboxylic acids is 1. The van der Waals surface area contributed by atoms with Crippen LogP contribution in [0.2, 0.25) is 0 Å². The lowest BCUT2D eigenvalue weighted by Crippen LogP contribution is -2.21. The maximum atomic E-state index is 14.9. The van der Waals surface area contributed by atoms with E-state index in [1.165, 1.54) is 37.6 Å². The Morgan fingerprint density at radius 1 is 1.15 bits per heavy atom. The van der Waals surface area contributed by atoms with E-state index >= 15 is 0 Å². The quantitative estimate of drug-likeness (QED) is 0.200. The van der Waals surface area contributed by atoms with E-state index in [2.05, 4.69) is 22.2 Å². The second kappa shape index (κ2) is 12.8. The maximum absolute atomic E-state index is 14.9. The lowest BCUT2D eigenvalue weighted by Gasteiger charge is -2.16. The number of carbonyl (C=O) groups is 1. The highest BCUT2D eigenvalue weighted by Gasteiger charge is 2.22. The monoisotopic (exact) mass is 535 g/mol. The van der Waals surface area contributed by atoms with Crippen molar-refractivity contribution >= 4 is 69.9 Å². The first kappa shape index (κ1) is 27.7. The molecule has 0 bridgehead atoms. The first-order valence-corrected chi connectivity index (χ1v) is 10.9. The minimum Gasteiger partial charge on any atom is -0.491 e. The van der Waals surface area contributed by atoms with Gasteiger partial charge in [-0.3, -0.25) is 10.3 Å². The van der Waals surface area contributed by atoms with Gasteiger partial charge in [-0.2, -0.15) is 0 Å². The number of benzene rings is 2. The molecule has 2 aromatic carbocycles. The number of nitrogens with one attached hydrogen (secondary N) is 2. The molecule has 0 saturated heterocycles. The van der Waals surface area contributed by atoms with E-state index in [1.807, 2.05) is 0 Å². The number of halogens is 5. The molecule has 184 valence electrons. The van der Waals surface area contributed by atoms with Crippen molar-refractivity contribution in [1.29, 1.82) is 0 Å². The lowest BCUT2D eigenvalue weighted by atomic mass is 10.1. The molecule has 2 rings (SSSR count). The summed E-state index contributed by atoms with van der Waals surface area (Å²) in [6, 6.07) is 6.46. The Bertz CT molecular complexity index is 1060. The Hall–Kier alpha value is -2.59. The van der Waals surface area contributed by atoms with Gasteiger partial charge in [0, 0.05) is 36.8 Å². The Morgan fingerprint density at radius 3 is 2.50 bits per heavy atom. The zero-order chi connectivity index (χ0) is 25.3. The van der Waals surface area contributed by atoms with Crippen LogP contribution in [0.5, 0.6) is 5.75 Å². The van der Waals surface area contributed by atoms with Gasteiger partial charge in [0.2, 0.25) is 3.79 Å². The minimum absolute atomic E-state index is 0.0172. The molecule has 7 nitrogen and oxygen atoms in total. The van der Waals surface area contributed by atoms with Gasteiger partial charge in [-0.25, -0.2) is 13.6 Å². The van der Waals surface area contributed by atoms with Crippen molar-refractivity contribution in [3.8, 4) is 5.75 Å². The number of nitrogens with zero attached hydrogens (tertiary/aromatic N) is 1. The topological polar surface area (TPSA) is 81.2 Å². The molecular formula is C22H22Cl3F2N3O4. The molecule has 2 aromatic rings. The van der Waals surface area contributed by atoms with Crippen LogP contribution < -0.4 is 15.4 Å². The molecule has 0 heterocycles. The van der Waals surface area contributed by atoms with Crippen molar-refractivity contribution < 1.29 is 27.8 Å². The van der Waals surface area contributed by atoms with E-state index in [4.69, 9.17) is 49.0 Å². The molecule has 0 aromatic heterocycles. The maximum Gasteiger partial charge on any atom is 0.411 e. The average Bonchev–Trinajstić information content (AvgIpc) is 2.74. The van der Waals surface area contributed by atoms with E-state index in [0.717, 1.165) is 6.07 Å². The van der Waals surface area contributed by atoms with Gasteiger partial charge in [-0.1, -0.05) is 41.4 Å². The van der Waals surface area contributed by atoms with E-state index in [0.29, 0.717) is 6.61 Å². The van der Waals surface area contributed by atoms with Gasteiger partial charge in [-0.15, -0.1) is 0 Å². The zero-order valence-corrected chi connectivity index (χ0v) is 20.5. The summed E-state index contributed by atoms with van der Waals surface area (Å²) in [4.78, 5) is 15.9. The molecule has 0 aliphatic carbocycles. The summed E-state index contributed by atoms with van der Waals surface area (Å²) in [5, 5.41) is 5.02. The van der Waals surface area contributed by atoms with Crippen molar-refractivity contribution in [2.75, 3.05) is 37.6 Å². The van der Waals surface area contributed by atoms with Crippen LogP contribution in [0.15, 0.2) is 41.9 Å². The lowest BCUT2D eigenvalue weighted by molar-refractivity contribution is 0.146. The molecule has 0 saturated carbocycles. The van der Waals surface area contributed by atoms with Crippen LogP contribution >= 0.6 is 34.8 Å². The average molecular weight is 537 g/mol. The van der Waals surface area contributed by atoms with Gasteiger partial charge in [-0.05, 0) is 25.1 Å². The van der Waals surface area contributed by atoms with Crippen LogP contribution in [0.1, 0.15) is 12.5 Å². The van der Waals surface area contributed by atoms with Gasteiger partial charge in [0.1, 0.15) is 30.6 Å². The smallest absolute Gasteiger partial charge is 0.411 e. The van der Waals surface area contributed by atoms with Crippen LogP contribution in [-0.2, 0) is 9.47 Å². The molecule has 0 spiro atoms. The van der Waals surface area contributed by atoms with Crippen LogP contribution in [0.25, 0.3) is 5.70 Å². The summed E-state index contributed by atoms with van der Waals surface area (Å²) in [6.45, 7) is 5.55. The number of hydrogen-bond donors (Lipinski definition) is 2. The number of hydrogen-bond acceptors (Lipinski definition) is 6. The fraction of sp³-hybridized carbons (Fsp3) is 0.273. The number of alkyl halides is 3. The van der Waals surface area contributed by atoms with Crippen molar-refractivity contribution in [1.82, 2.24) is 0 Å². The third-order valence-corrected chi connectivity index (χ3v) is 4.36. The molecule has 0 fully saturated rings. The van der Waals surface area contributed by atoms with Crippen molar-refractivity contribution in [2.24, 2.45) is 4.99 Å². The van der Waals surface area contributed by atoms with Crippen molar-refractivity contribution in [3.63, 3.8) is 0 Å². The van der Waals surface area contributed by atoms with Gasteiger partial charge in [0.15, 0.2) is 0 Å². The summed E-state index contributed by atoms with van der Waals surface area (Å²) >= 11 is 16.5. The number of anilines is 2. The zero-order valence-electron chi connectivity index (χ0n) is 18.3. The predicted octanol–water partition coefficient (Wildman–Crippen LogP) is 6.71. The normalized spacial score (nSPS) is 11.4. The van der Waals surface area contributed by atoms with E-state index in [-0.39, 0.29) is 40.7 Å². The van der Waals surface area contributed by atoms with E-state index in [9.17, 15) is 13.6 Å². The number of methoxy groups -OCH3 is 1. The third kappa shape index (κ3) is 8.64. The summed E-state index contributed by atoms with van der Waals surface area (Å²) in [5.41, 5.74) is 0.402. The van der Waals surface area contributed by atoms with Gasteiger partial charge >= 0.3 is 6.09 Å². The predicted molar refractivity (Wildman–Crippen MR) is 132 cm³/mol. The molecule has 0 unspecified atom stereocenters. The fourth-order valence-electron chi connectivity index (χ4n) is 2.65. The first-order valence-electron chi connectivity index (χ1n) is 9.74. The SMILES string of the molecule is C=C(Nc1ccc(NC(=O)OCC(Cl)(Cl)Cl)cc1F)c1c(F)cc(OCCOC)cc1N=CC. The van der Waals surface area contributed by atoms with Crippen molar-refractivity contribution in [3.05, 3.63) is 54.1 Å². The van der Waals surface area contributed by atoms with E-state index in [1.54, 1.807) is 6.92 Å². The summed E-state index contributed by atoms with van der Waals surface area (Å²) < 4.78 is 42.8. The van der Waals surface area contributed by atoms with Crippen LogP contribution in [0.4, 0.5) is 30.6 Å². The number of aliphatic imine (C=N–C) groups is 1. The fourth-order valence-corrected chi connectivity index (χ4v) is 2.82. The largest absolute Gasteiger partial charge is 0.491 e. The summed E-state index contributed by atoms with van der Waals surface area (Å²) in [5.74, 6) is -1.15. The Kier molecular flexibility index (Phi) is 10.4.